The van der Waals surface area contributed by atoms with Gasteiger partial charge in [0, 0.05) is 18.7 Å². The summed E-state index contributed by atoms with van der Waals surface area (Å²) in [7, 11) is 1.28. The van der Waals surface area contributed by atoms with Gasteiger partial charge in [-0.1, -0.05) is 0 Å². The van der Waals surface area contributed by atoms with E-state index in [1.54, 1.807) is 6.92 Å². The zero-order valence-corrected chi connectivity index (χ0v) is 6.80. The molecule has 62 valence electrons. The summed E-state index contributed by atoms with van der Waals surface area (Å²) in [6, 6.07) is 0. The number of amides is 1. The summed E-state index contributed by atoms with van der Waals surface area (Å²) in [4.78, 5) is 21.0. The molecule has 0 radical (unpaired) electrons. The lowest BCUT2D eigenvalue weighted by Crippen LogP contribution is -2.18. The van der Waals surface area contributed by atoms with Crippen molar-refractivity contribution < 1.29 is 14.3 Å². The number of allylic oxidation sites excluding steroid dienone is 1. The lowest BCUT2D eigenvalue weighted by Gasteiger charge is -1.99. The first kappa shape index (κ1) is 9.68. The molecule has 1 N–H and O–H groups in total. The SMILES string of the molecule is COC(=O)C=C(C)NC(C)=O. The first-order chi connectivity index (χ1) is 5.06. The highest BCUT2D eigenvalue weighted by Gasteiger charge is 1.96. The maximum atomic E-state index is 10.6. The van der Waals surface area contributed by atoms with Crippen molar-refractivity contribution in [2.75, 3.05) is 7.11 Å². The maximum Gasteiger partial charge on any atom is 0.332 e. The van der Waals surface area contributed by atoms with Gasteiger partial charge >= 0.3 is 5.97 Å². The second-order valence-corrected chi connectivity index (χ2v) is 2.03. The topological polar surface area (TPSA) is 55.4 Å². The second-order valence-electron chi connectivity index (χ2n) is 2.03. The van der Waals surface area contributed by atoms with Gasteiger partial charge in [-0.05, 0) is 6.92 Å². The Bertz CT molecular complexity index is 196. The summed E-state index contributed by atoms with van der Waals surface area (Å²) >= 11 is 0. The molecule has 0 aliphatic carbocycles. The van der Waals surface area contributed by atoms with Gasteiger partial charge in [0.05, 0.1) is 7.11 Å². The molecule has 0 saturated carbocycles. The van der Waals surface area contributed by atoms with E-state index in [-0.39, 0.29) is 5.91 Å². The fourth-order valence-corrected chi connectivity index (χ4v) is 0.549. The molecule has 0 rings (SSSR count). The number of carbonyl (C=O) groups excluding carboxylic acids is 2. The summed E-state index contributed by atoms with van der Waals surface area (Å²) in [6.07, 6.45) is 1.21. The van der Waals surface area contributed by atoms with Crippen LogP contribution < -0.4 is 5.32 Å². The third-order valence-corrected chi connectivity index (χ3v) is 0.909. The average molecular weight is 157 g/mol. The van der Waals surface area contributed by atoms with Gasteiger partial charge in [0.15, 0.2) is 0 Å². The van der Waals surface area contributed by atoms with Crippen molar-refractivity contribution in [3.8, 4) is 0 Å². The van der Waals surface area contributed by atoms with E-state index in [1.165, 1.54) is 20.1 Å². The van der Waals surface area contributed by atoms with Crippen LogP contribution in [0.15, 0.2) is 11.8 Å². The van der Waals surface area contributed by atoms with Crippen molar-refractivity contribution in [3.63, 3.8) is 0 Å². The van der Waals surface area contributed by atoms with Gasteiger partial charge in [-0.15, -0.1) is 0 Å². The Morgan fingerprint density at radius 2 is 1.91 bits per heavy atom. The molecule has 0 aromatic carbocycles. The Balaban J connectivity index is 4.00. The average Bonchev–Trinajstić information content (AvgIpc) is 1.85. The van der Waals surface area contributed by atoms with E-state index in [4.69, 9.17) is 0 Å². The highest BCUT2D eigenvalue weighted by atomic mass is 16.5. The molecule has 0 heterocycles. The molecule has 0 atom stereocenters. The van der Waals surface area contributed by atoms with Crippen molar-refractivity contribution in [2.24, 2.45) is 0 Å². The van der Waals surface area contributed by atoms with Crippen molar-refractivity contribution in [2.45, 2.75) is 13.8 Å². The van der Waals surface area contributed by atoms with Crippen LogP contribution >= 0.6 is 0 Å². The molecule has 11 heavy (non-hydrogen) atoms. The van der Waals surface area contributed by atoms with Gasteiger partial charge in [0.1, 0.15) is 0 Å². The number of esters is 1. The summed E-state index contributed by atoms with van der Waals surface area (Å²) in [5, 5.41) is 2.43. The lowest BCUT2D eigenvalue weighted by atomic mass is 10.4. The van der Waals surface area contributed by atoms with Crippen molar-refractivity contribution in [1.82, 2.24) is 5.32 Å². The number of ether oxygens (including phenoxy) is 1. The van der Waals surface area contributed by atoms with E-state index in [1.807, 2.05) is 0 Å². The monoisotopic (exact) mass is 157 g/mol. The van der Waals surface area contributed by atoms with E-state index in [9.17, 15) is 9.59 Å². The summed E-state index contributed by atoms with van der Waals surface area (Å²) < 4.78 is 4.34. The van der Waals surface area contributed by atoms with Crippen LogP contribution in [0.2, 0.25) is 0 Å². The molecule has 0 saturated heterocycles. The second kappa shape index (κ2) is 4.49. The van der Waals surface area contributed by atoms with Gasteiger partial charge in [0.25, 0.3) is 0 Å². The molecule has 0 spiro atoms. The molecule has 0 aromatic rings. The van der Waals surface area contributed by atoms with Gasteiger partial charge < -0.3 is 10.1 Å². The first-order valence-corrected chi connectivity index (χ1v) is 3.10. The number of hydrogen-bond donors (Lipinski definition) is 1. The number of methoxy groups -OCH3 is 1. The number of carbonyl (C=O) groups is 2. The van der Waals surface area contributed by atoms with E-state index < -0.39 is 5.97 Å². The summed E-state index contributed by atoms with van der Waals surface area (Å²) in [6.45, 7) is 2.98. The largest absolute Gasteiger partial charge is 0.466 e. The number of hydrogen-bond acceptors (Lipinski definition) is 3. The van der Waals surface area contributed by atoms with E-state index >= 15 is 0 Å². The first-order valence-electron chi connectivity index (χ1n) is 3.10. The molecule has 0 aliphatic heterocycles. The minimum atomic E-state index is -0.476. The molecular weight excluding hydrogens is 146 g/mol. The molecule has 4 nitrogen and oxygen atoms in total. The smallest absolute Gasteiger partial charge is 0.332 e. The predicted molar refractivity (Wildman–Crippen MR) is 39.6 cm³/mol. The van der Waals surface area contributed by atoms with Gasteiger partial charge in [-0.3, -0.25) is 4.79 Å². The van der Waals surface area contributed by atoms with Crippen molar-refractivity contribution in [1.29, 1.82) is 0 Å². The fourth-order valence-electron chi connectivity index (χ4n) is 0.549. The zero-order valence-electron chi connectivity index (χ0n) is 6.80. The molecule has 1 amide bonds. The Labute approximate surface area is 65.2 Å². The lowest BCUT2D eigenvalue weighted by molar-refractivity contribution is -0.134. The van der Waals surface area contributed by atoms with E-state index in [0.29, 0.717) is 5.70 Å². The number of nitrogens with one attached hydrogen (secondary N) is 1. The Morgan fingerprint density at radius 3 is 2.27 bits per heavy atom. The maximum absolute atomic E-state index is 10.6. The Morgan fingerprint density at radius 1 is 1.36 bits per heavy atom. The highest BCUT2D eigenvalue weighted by Crippen LogP contribution is 1.87. The molecule has 4 heteroatoms. The molecule has 0 aliphatic rings. The van der Waals surface area contributed by atoms with Crippen LogP contribution in [0.25, 0.3) is 0 Å². The van der Waals surface area contributed by atoms with Crippen LogP contribution in [-0.4, -0.2) is 19.0 Å². The standard InChI is InChI=1S/C7H11NO3/c1-5(8-6(2)9)4-7(10)11-3/h4H,1-3H3,(H,8,9). The van der Waals surface area contributed by atoms with Crippen molar-refractivity contribution in [3.05, 3.63) is 11.8 Å². The predicted octanol–water partition coefficient (Wildman–Crippen LogP) is 0.199. The minimum absolute atomic E-state index is 0.206. The van der Waals surface area contributed by atoms with Crippen LogP contribution in [0.1, 0.15) is 13.8 Å². The molecule has 0 unspecified atom stereocenters. The van der Waals surface area contributed by atoms with Crippen LogP contribution in [-0.2, 0) is 14.3 Å². The Kier molecular flexibility index (Phi) is 3.95. The summed E-state index contributed by atoms with van der Waals surface area (Å²) in [5.74, 6) is -0.682. The van der Waals surface area contributed by atoms with Gasteiger partial charge in [-0.2, -0.15) is 0 Å². The van der Waals surface area contributed by atoms with Gasteiger partial charge in [0.2, 0.25) is 5.91 Å². The fraction of sp³-hybridized carbons (Fsp3) is 0.429. The molecular formula is C7H11NO3. The minimum Gasteiger partial charge on any atom is -0.466 e. The van der Waals surface area contributed by atoms with Crippen molar-refractivity contribution >= 4 is 11.9 Å². The third kappa shape index (κ3) is 5.14. The third-order valence-electron chi connectivity index (χ3n) is 0.909. The van der Waals surface area contributed by atoms with Crippen LogP contribution in [0.5, 0.6) is 0 Å². The van der Waals surface area contributed by atoms with Crippen LogP contribution in [0.4, 0.5) is 0 Å². The molecule has 0 fully saturated rings. The van der Waals surface area contributed by atoms with E-state index in [0.717, 1.165) is 0 Å². The zero-order chi connectivity index (χ0) is 8.85. The molecule has 0 bridgehead atoms. The van der Waals surface area contributed by atoms with Gasteiger partial charge in [-0.25, -0.2) is 4.79 Å². The quantitative estimate of drug-likeness (QED) is 0.460. The van der Waals surface area contributed by atoms with Crippen LogP contribution in [0, 0.1) is 0 Å². The number of rotatable bonds is 2. The summed E-state index contributed by atoms with van der Waals surface area (Å²) in [5.41, 5.74) is 0.476. The van der Waals surface area contributed by atoms with E-state index in [2.05, 4.69) is 10.1 Å². The van der Waals surface area contributed by atoms with Crippen LogP contribution in [0.3, 0.4) is 0 Å². The Hall–Kier alpha value is -1.32. The normalized spacial score (nSPS) is 10.6. The highest BCUT2D eigenvalue weighted by molar-refractivity contribution is 5.84. The molecule has 0 aromatic heterocycles.